The van der Waals surface area contributed by atoms with Gasteiger partial charge in [0.1, 0.15) is 0 Å². The Labute approximate surface area is 88.9 Å². The van der Waals surface area contributed by atoms with Crippen molar-refractivity contribution in [2.75, 3.05) is 13.1 Å². The Morgan fingerprint density at radius 2 is 2.20 bits per heavy atom. The Morgan fingerprint density at radius 3 is 3.07 bits per heavy atom. The molecule has 1 aliphatic carbocycles. The summed E-state index contributed by atoms with van der Waals surface area (Å²) in [6.07, 6.45) is 4.15. The van der Waals surface area contributed by atoms with E-state index in [1.54, 1.807) is 0 Å². The molecule has 3 nitrogen and oxygen atoms in total. The number of nitrogens with zero attached hydrogens (tertiary/aromatic N) is 2. The second-order valence-corrected chi connectivity index (χ2v) is 3.87. The van der Waals surface area contributed by atoms with Gasteiger partial charge in [0.2, 0.25) is 0 Å². The van der Waals surface area contributed by atoms with Gasteiger partial charge in [-0.05, 0) is 17.2 Å². The van der Waals surface area contributed by atoms with Crippen molar-refractivity contribution in [2.24, 2.45) is 10.8 Å². The maximum atomic E-state index is 5.58. The summed E-state index contributed by atoms with van der Waals surface area (Å²) >= 11 is 0. The first-order valence-corrected chi connectivity index (χ1v) is 5.21. The number of fused-ring (bicyclic) bond motifs is 3. The Balaban J connectivity index is 2.01. The van der Waals surface area contributed by atoms with Crippen molar-refractivity contribution in [3.05, 3.63) is 41.0 Å². The summed E-state index contributed by atoms with van der Waals surface area (Å²) in [5.74, 6) is 0. The molecule has 0 aromatic heterocycles. The van der Waals surface area contributed by atoms with Crippen LogP contribution in [0, 0.1) is 0 Å². The van der Waals surface area contributed by atoms with Gasteiger partial charge in [0.15, 0.2) is 0 Å². The van der Waals surface area contributed by atoms with Gasteiger partial charge in [-0.3, -0.25) is 5.01 Å². The van der Waals surface area contributed by atoms with E-state index in [0.717, 1.165) is 6.54 Å². The van der Waals surface area contributed by atoms with Gasteiger partial charge in [0.25, 0.3) is 0 Å². The second-order valence-electron chi connectivity index (χ2n) is 3.87. The fourth-order valence-corrected chi connectivity index (χ4v) is 2.30. The normalized spacial score (nSPS) is 21.5. The molecule has 1 aliphatic heterocycles. The summed E-state index contributed by atoms with van der Waals surface area (Å²) in [6.45, 7) is 1.45. The van der Waals surface area contributed by atoms with E-state index in [4.69, 9.17) is 5.73 Å². The van der Waals surface area contributed by atoms with Gasteiger partial charge < -0.3 is 5.73 Å². The topological polar surface area (TPSA) is 41.6 Å². The molecule has 76 valence electrons. The summed E-state index contributed by atoms with van der Waals surface area (Å²) in [6, 6.07) is 8.77. The van der Waals surface area contributed by atoms with Crippen molar-refractivity contribution in [3.8, 4) is 0 Å². The van der Waals surface area contributed by atoms with Crippen molar-refractivity contribution in [1.82, 2.24) is 5.01 Å². The molecule has 0 saturated carbocycles. The van der Waals surface area contributed by atoms with Crippen LogP contribution in [0.5, 0.6) is 0 Å². The molecule has 0 spiro atoms. The van der Waals surface area contributed by atoms with Crippen molar-refractivity contribution >= 4 is 12.3 Å². The van der Waals surface area contributed by atoms with Crippen LogP contribution < -0.4 is 5.73 Å². The van der Waals surface area contributed by atoms with Crippen LogP contribution in [-0.4, -0.2) is 24.3 Å². The van der Waals surface area contributed by atoms with Crippen molar-refractivity contribution in [3.63, 3.8) is 0 Å². The first-order valence-electron chi connectivity index (χ1n) is 5.21. The molecule has 1 aromatic rings. The highest BCUT2D eigenvalue weighted by Gasteiger charge is 2.32. The number of hydrogen-bond acceptors (Lipinski definition) is 3. The van der Waals surface area contributed by atoms with Crippen molar-refractivity contribution < 1.29 is 0 Å². The lowest BCUT2D eigenvalue weighted by Crippen LogP contribution is -2.25. The number of hydrogen-bond donors (Lipinski definition) is 1. The van der Waals surface area contributed by atoms with Gasteiger partial charge in [-0.25, -0.2) is 0 Å². The smallest absolute Gasteiger partial charge is 0.0992 e. The standard InChI is InChI=1S/C12H13N3/c13-5-6-15-12-10(8-14-15)7-9-3-1-2-4-11(9)12/h1-4,7-8,12H,5-6,13H2. The number of rotatable bonds is 2. The maximum Gasteiger partial charge on any atom is 0.0992 e. The third-order valence-corrected chi connectivity index (χ3v) is 2.94. The summed E-state index contributed by atoms with van der Waals surface area (Å²) in [5, 5.41) is 6.44. The molecule has 1 atom stereocenters. The highest BCUT2D eigenvalue weighted by molar-refractivity contribution is 5.92. The van der Waals surface area contributed by atoms with Crippen LogP contribution in [0.25, 0.3) is 6.08 Å². The van der Waals surface area contributed by atoms with Crippen LogP contribution in [0.1, 0.15) is 17.2 Å². The third kappa shape index (κ3) is 1.20. The molecule has 0 saturated heterocycles. The minimum absolute atomic E-state index is 0.310. The highest BCUT2D eigenvalue weighted by atomic mass is 15.5. The van der Waals surface area contributed by atoms with E-state index in [1.807, 2.05) is 6.21 Å². The molecule has 0 fully saturated rings. The molecule has 0 radical (unpaired) electrons. The largest absolute Gasteiger partial charge is 0.329 e. The molecule has 3 heteroatoms. The molecule has 1 heterocycles. The predicted octanol–water partition coefficient (Wildman–Crippen LogP) is 1.38. The fraction of sp³-hybridized carbons (Fsp3) is 0.250. The van der Waals surface area contributed by atoms with Gasteiger partial charge in [0, 0.05) is 18.7 Å². The quantitative estimate of drug-likeness (QED) is 0.782. The molecule has 0 amide bonds. The van der Waals surface area contributed by atoms with Gasteiger partial charge in [-0.15, -0.1) is 0 Å². The molecule has 2 aliphatic rings. The van der Waals surface area contributed by atoms with Crippen LogP contribution in [0.15, 0.2) is 34.9 Å². The monoisotopic (exact) mass is 199 g/mol. The van der Waals surface area contributed by atoms with Crippen LogP contribution >= 0.6 is 0 Å². The molecule has 2 N–H and O–H groups in total. The third-order valence-electron chi connectivity index (χ3n) is 2.94. The minimum Gasteiger partial charge on any atom is -0.329 e. The fourth-order valence-electron chi connectivity index (χ4n) is 2.30. The molecule has 3 rings (SSSR count). The van der Waals surface area contributed by atoms with Crippen LogP contribution in [-0.2, 0) is 0 Å². The van der Waals surface area contributed by atoms with Crippen LogP contribution in [0.4, 0.5) is 0 Å². The molecule has 0 bridgehead atoms. The molecular weight excluding hydrogens is 186 g/mol. The van der Waals surface area contributed by atoms with E-state index in [1.165, 1.54) is 16.7 Å². The summed E-state index contributed by atoms with van der Waals surface area (Å²) in [5.41, 5.74) is 9.51. The Morgan fingerprint density at radius 1 is 1.33 bits per heavy atom. The van der Waals surface area contributed by atoms with E-state index >= 15 is 0 Å². The van der Waals surface area contributed by atoms with E-state index < -0.39 is 0 Å². The first-order chi connectivity index (χ1) is 7.40. The lowest BCUT2D eigenvalue weighted by molar-refractivity contribution is 0.264. The molecule has 15 heavy (non-hydrogen) atoms. The van der Waals surface area contributed by atoms with Gasteiger partial charge in [-0.2, -0.15) is 5.10 Å². The summed E-state index contributed by atoms with van der Waals surface area (Å²) in [4.78, 5) is 0. The van der Waals surface area contributed by atoms with E-state index in [-0.39, 0.29) is 0 Å². The summed E-state index contributed by atoms with van der Waals surface area (Å²) < 4.78 is 0. The lowest BCUT2D eigenvalue weighted by Gasteiger charge is -2.22. The number of hydrazone groups is 1. The Bertz CT molecular complexity index is 448. The minimum atomic E-state index is 0.310. The SMILES string of the molecule is NCCN1N=CC2=Cc3ccccc3C21. The Kier molecular flexibility index (Phi) is 1.86. The van der Waals surface area contributed by atoms with E-state index in [0.29, 0.717) is 12.6 Å². The summed E-state index contributed by atoms with van der Waals surface area (Å²) in [7, 11) is 0. The van der Waals surface area contributed by atoms with Crippen LogP contribution in [0.3, 0.4) is 0 Å². The zero-order valence-corrected chi connectivity index (χ0v) is 8.43. The predicted molar refractivity (Wildman–Crippen MR) is 61.4 cm³/mol. The molecule has 1 unspecified atom stereocenters. The Hall–Kier alpha value is -1.61. The zero-order chi connectivity index (χ0) is 10.3. The lowest BCUT2D eigenvalue weighted by atomic mass is 10.0. The average Bonchev–Trinajstić information content (AvgIpc) is 2.78. The highest BCUT2D eigenvalue weighted by Crippen LogP contribution is 2.40. The zero-order valence-electron chi connectivity index (χ0n) is 8.43. The second kappa shape index (κ2) is 3.21. The first kappa shape index (κ1) is 8.68. The number of benzene rings is 1. The van der Waals surface area contributed by atoms with Crippen molar-refractivity contribution in [1.29, 1.82) is 0 Å². The van der Waals surface area contributed by atoms with Gasteiger partial charge in [-0.1, -0.05) is 24.3 Å². The van der Waals surface area contributed by atoms with Gasteiger partial charge >= 0.3 is 0 Å². The van der Waals surface area contributed by atoms with Crippen molar-refractivity contribution in [2.45, 2.75) is 6.04 Å². The molecule has 1 aromatic carbocycles. The number of nitrogens with two attached hydrogens (primary N) is 1. The molecular formula is C12H13N3. The maximum absolute atomic E-state index is 5.58. The average molecular weight is 199 g/mol. The van der Waals surface area contributed by atoms with E-state index in [9.17, 15) is 0 Å². The van der Waals surface area contributed by atoms with Gasteiger partial charge in [0.05, 0.1) is 12.3 Å². The van der Waals surface area contributed by atoms with E-state index in [2.05, 4.69) is 40.5 Å². The van der Waals surface area contributed by atoms with Crippen LogP contribution in [0.2, 0.25) is 0 Å².